The van der Waals surface area contributed by atoms with E-state index in [4.69, 9.17) is 0 Å². The van der Waals surface area contributed by atoms with Crippen LogP contribution in [0.15, 0.2) is 71.9 Å². The predicted octanol–water partition coefficient (Wildman–Crippen LogP) is 2.28. The Bertz CT molecular complexity index is 1030. The second-order valence-corrected chi connectivity index (χ2v) is 8.09. The summed E-state index contributed by atoms with van der Waals surface area (Å²) in [6, 6.07) is 15.6. The van der Waals surface area contributed by atoms with E-state index in [9.17, 15) is 13.2 Å². The van der Waals surface area contributed by atoms with Crippen molar-refractivity contribution < 1.29 is 13.2 Å². The third-order valence-electron chi connectivity index (χ3n) is 4.14. The lowest BCUT2D eigenvalue weighted by Crippen LogP contribution is -2.30. The van der Waals surface area contributed by atoms with E-state index in [-0.39, 0.29) is 17.3 Å². The Morgan fingerprint density at radius 3 is 2.57 bits per heavy atom. The van der Waals surface area contributed by atoms with Gasteiger partial charge < -0.3 is 5.32 Å². The van der Waals surface area contributed by atoms with Gasteiger partial charge in [0, 0.05) is 31.0 Å². The molecule has 146 valence electrons. The van der Waals surface area contributed by atoms with Crippen molar-refractivity contribution in [1.82, 2.24) is 19.8 Å². The summed E-state index contributed by atoms with van der Waals surface area (Å²) in [5, 5.41) is 6.95. The summed E-state index contributed by atoms with van der Waals surface area (Å²) in [6.45, 7) is 2.50. The summed E-state index contributed by atoms with van der Waals surface area (Å²) in [7, 11) is -3.53. The summed E-state index contributed by atoms with van der Waals surface area (Å²) in [5.41, 5.74) is 2.31. The first kappa shape index (κ1) is 19.8. The van der Waals surface area contributed by atoms with Crippen LogP contribution in [0.2, 0.25) is 0 Å². The molecule has 3 rings (SSSR count). The van der Waals surface area contributed by atoms with Gasteiger partial charge in [-0.25, -0.2) is 17.8 Å². The molecule has 0 saturated carbocycles. The van der Waals surface area contributed by atoms with Crippen LogP contribution in [-0.4, -0.2) is 37.2 Å². The van der Waals surface area contributed by atoms with E-state index in [0.717, 1.165) is 11.3 Å². The highest BCUT2D eigenvalue weighted by molar-refractivity contribution is 7.89. The second-order valence-electron chi connectivity index (χ2n) is 6.32. The lowest BCUT2D eigenvalue weighted by Gasteiger charge is -2.09. The molecule has 2 aromatic carbocycles. The van der Waals surface area contributed by atoms with Gasteiger partial charge in [-0.1, -0.05) is 23.8 Å². The van der Waals surface area contributed by atoms with Crippen LogP contribution < -0.4 is 10.0 Å². The van der Waals surface area contributed by atoms with Crippen LogP contribution in [-0.2, 0) is 10.0 Å². The number of rotatable bonds is 8. The fourth-order valence-electron chi connectivity index (χ4n) is 2.61. The average molecular weight is 398 g/mol. The molecule has 3 aromatic rings. The third-order valence-corrected chi connectivity index (χ3v) is 5.62. The van der Waals surface area contributed by atoms with Gasteiger partial charge in [0.15, 0.2) is 0 Å². The number of amides is 1. The standard InChI is InChI=1S/C20H22N4O3S/c1-16-7-9-19(10-8-16)28(26,27)23-13-3-11-21-20(25)17-5-2-6-18(15-17)24-14-4-12-22-24/h2,4-10,12,14-15,23H,3,11,13H2,1H3,(H,21,25). The molecule has 0 aliphatic carbocycles. The molecule has 0 unspecified atom stereocenters. The molecular formula is C20H22N4O3S. The number of sulfonamides is 1. The zero-order valence-corrected chi connectivity index (χ0v) is 16.3. The number of carbonyl (C=O) groups excluding carboxylic acids is 1. The molecule has 0 atom stereocenters. The van der Waals surface area contributed by atoms with Crippen LogP contribution >= 0.6 is 0 Å². The number of benzene rings is 2. The summed E-state index contributed by atoms with van der Waals surface area (Å²) >= 11 is 0. The van der Waals surface area contributed by atoms with E-state index >= 15 is 0 Å². The van der Waals surface area contributed by atoms with Crippen molar-refractivity contribution in [3.05, 3.63) is 78.1 Å². The van der Waals surface area contributed by atoms with Gasteiger partial charge in [0.25, 0.3) is 5.91 Å². The monoisotopic (exact) mass is 398 g/mol. The molecule has 0 radical (unpaired) electrons. The van der Waals surface area contributed by atoms with Gasteiger partial charge in [0.2, 0.25) is 10.0 Å². The number of carbonyl (C=O) groups is 1. The smallest absolute Gasteiger partial charge is 0.251 e. The summed E-state index contributed by atoms with van der Waals surface area (Å²) < 4.78 is 28.6. The van der Waals surface area contributed by atoms with Crippen molar-refractivity contribution >= 4 is 15.9 Å². The number of aromatic nitrogens is 2. The number of nitrogens with zero attached hydrogens (tertiary/aromatic N) is 2. The number of hydrogen-bond acceptors (Lipinski definition) is 4. The highest BCUT2D eigenvalue weighted by Gasteiger charge is 2.13. The molecule has 8 heteroatoms. The maximum Gasteiger partial charge on any atom is 0.251 e. The van der Waals surface area contributed by atoms with Gasteiger partial charge in [0.1, 0.15) is 0 Å². The van der Waals surface area contributed by atoms with Crippen molar-refractivity contribution in [2.24, 2.45) is 0 Å². The Balaban J connectivity index is 1.47. The van der Waals surface area contributed by atoms with Crippen molar-refractivity contribution in [2.45, 2.75) is 18.2 Å². The molecule has 1 amide bonds. The zero-order valence-electron chi connectivity index (χ0n) is 15.5. The molecule has 0 bridgehead atoms. The molecule has 1 heterocycles. The van der Waals surface area contributed by atoms with Gasteiger partial charge in [-0.2, -0.15) is 5.10 Å². The van der Waals surface area contributed by atoms with Crippen LogP contribution in [0.1, 0.15) is 22.3 Å². The van der Waals surface area contributed by atoms with E-state index in [0.29, 0.717) is 18.5 Å². The topological polar surface area (TPSA) is 93.1 Å². The first-order valence-corrected chi connectivity index (χ1v) is 10.4. The fourth-order valence-corrected chi connectivity index (χ4v) is 3.68. The molecule has 2 N–H and O–H groups in total. The van der Waals surface area contributed by atoms with Crippen molar-refractivity contribution in [3.63, 3.8) is 0 Å². The van der Waals surface area contributed by atoms with Crippen molar-refractivity contribution in [1.29, 1.82) is 0 Å². The first-order valence-electron chi connectivity index (χ1n) is 8.90. The molecule has 0 aliphatic heterocycles. The zero-order chi connectivity index (χ0) is 20.0. The molecule has 1 aromatic heterocycles. The number of aryl methyl sites for hydroxylation is 1. The second kappa shape index (κ2) is 8.81. The SMILES string of the molecule is Cc1ccc(S(=O)(=O)NCCCNC(=O)c2cccc(-n3cccn3)c2)cc1. The first-order chi connectivity index (χ1) is 13.5. The molecule has 0 saturated heterocycles. The summed E-state index contributed by atoms with van der Waals surface area (Å²) in [6.07, 6.45) is 3.96. The molecular weight excluding hydrogens is 376 g/mol. The Hall–Kier alpha value is -2.97. The highest BCUT2D eigenvalue weighted by Crippen LogP contribution is 2.10. The fraction of sp³-hybridized carbons (Fsp3) is 0.200. The van der Waals surface area contributed by atoms with Crippen LogP contribution in [0.5, 0.6) is 0 Å². The number of nitrogens with one attached hydrogen (secondary N) is 2. The van der Waals surface area contributed by atoms with Crippen molar-refractivity contribution in [3.8, 4) is 5.69 Å². The maximum absolute atomic E-state index is 12.3. The van der Waals surface area contributed by atoms with Crippen LogP contribution in [0.4, 0.5) is 0 Å². The maximum atomic E-state index is 12.3. The summed E-state index contributed by atoms with van der Waals surface area (Å²) in [5.74, 6) is -0.213. The highest BCUT2D eigenvalue weighted by atomic mass is 32.2. The lowest BCUT2D eigenvalue weighted by molar-refractivity contribution is 0.0953. The Labute approximate surface area is 164 Å². The van der Waals surface area contributed by atoms with Gasteiger partial charge in [-0.3, -0.25) is 4.79 Å². The van der Waals surface area contributed by atoms with Gasteiger partial charge >= 0.3 is 0 Å². The largest absolute Gasteiger partial charge is 0.352 e. The van der Waals surface area contributed by atoms with Crippen LogP contribution in [0.25, 0.3) is 5.69 Å². The predicted molar refractivity (Wildman–Crippen MR) is 107 cm³/mol. The van der Waals surface area contributed by atoms with Crippen molar-refractivity contribution in [2.75, 3.05) is 13.1 Å². The average Bonchev–Trinajstić information content (AvgIpc) is 3.23. The molecule has 28 heavy (non-hydrogen) atoms. The van der Waals surface area contributed by atoms with E-state index in [1.807, 2.05) is 19.1 Å². The van der Waals surface area contributed by atoms with E-state index in [2.05, 4.69) is 15.1 Å². The molecule has 7 nitrogen and oxygen atoms in total. The Morgan fingerprint density at radius 2 is 1.86 bits per heavy atom. The quantitative estimate of drug-likeness (QED) is 0.569. The van der Waals surface area contributed by atoms with Gasteiger partial charge in [-0.15, -0.1) is 0 Å². The minimum absolute atomic E-state index is 0.213. The van der Waals surface area contributed by atoms with Crippen LogP contribution in [0, 0.1) is 6.92 Å². The normalized spacial score (nSPS) is 11.3. The van der Waals surface area contributed by atoms with Gasteiger partial charge in [-0.05, 0) is 49.7 Å². The van der Waals surface area contributed by atoms with E-state index < -0.39 is 10.0 Å². The Kier molecular flexibility index (Phi) is 6.23. The Morgan fingerprint density at radius 1 is 1.07 bits per heavy atom. The van der Waals surface area contributed by atoms with Gasteiger partial charge in [0.05, 0.1) is 10.6 Å². The van der Waals surface area contributed by atoms with E-state index in [1.54, 1.807) is 59.5 Å². The van der Waals surface area contributed by atoms with E-state index in [1.165, 1.54) is 0 Å². The third kappa shape index (κ3) is 5.05. The molecule has 0 aliphatic rings. The molecule has 0 fully saturated rings. The number of hydrogen-bond donors (Lipinski definition) is 2. The lowest BCUT2D eigenvalue weighted by atomic mass is 10.2. The molecule has 0 spiro atoms. The minimum Gasteiger partial charge on any atom is -0.352 e. The summed E-state index contributed by atoms with van der Waals surface area (Å²) in [4.78, 5) is 12.5. The van der Waals surface area contributed by atoms with Crippen LogP contribution in [0.3, 0.4) is 0 Å². The minimum atomic E-state index is -3.53.